The first-order valence-electron chi connectivity index (χ1n) is 6.09. The number of nitrogens with one attached hydrogen (secondary N) is 1. The predicted molar refractivity (Wildman–Crippen MR) is 77.1 cm³/mol. The lowest BCUT2D eigenvalue weighted by atomic mass is 10.2. The van der Waals surface area contributed by atoms with Crippen molar-refractivity contribution in [2.45, 2.75) is 13.5 Å². The molecule has 1 aromatic heterocycles. The van der Waals surface area contributed by atoms with E-state index < -0.39 is 0 Å². The topological polar surface area (TPSA) is 28.2 Å². The summed E-state index contributed by atoms with van der Waals surface area (Å²) in [6.45, 7) is 2.97. The quantitative estimate of drug-likeness (QED) is 0.891. The molecule has 0 aliphatic carbocycles. The summed E-state index contributed by atoms with van der Waals surface area (Å²) in [5, 5.41) is 3.02. The number of pyridine rings is 1. The third kappa shape index (κ3) is 3.00. The Bertz CT molecular complexity index is 505. The van der Waals surface area contributed by atoms with Crippen LogP contribution in [-0.2, 0) is 6.54 Å². The van der Waals surface area contributed by atoms with E-state index in [-0.39, 0.29) is 0 Å². The first kappa shape index (κ1) is 12.4. The molecule has 2 rings (SSSR count). The van der Waals surface area contributed by atoms with Gasteiger partial charge in [-0.05, 0) is 36.2 Å². The summed E-state index contributed by atoms with van der Waals surface area (Å²) in [4.78, 5) is 6.55. The van der Waals surface area contributed by atoms with Crippen LogP contribution in [0.2, 0.25) is 0 Å². The van der Waals surface area contributed by atoms with Gasteiger partial charge in [0.2, 0.25) is 0 Å². The minimum atomic E-state index is 0.862. The number of benzene rings is 1. The monoisotopic (exact) mass is 241 g/mol. The summed E-state index contributed by atoms with van der Waals surface area (Å²) < 4.78 is 0. The lowest BCUT2D eigenvalue weighted by Gasteiger charge is -2.19. The van der Waals surface area contributed by atoms with Crippen molar-refractivity contribution in [1.29, 1.82) is 0 Å². The molecular formula is C15H19N3. The third-order valence-electron chi connectivity index (χ3n) is 2.94. The molecule has 0 saturated carbocycles. The summed E-state index contributed by atoms with van der Waals surface area (Å²) >= 11 is 0. The third-order valence-corrected chi connectivity index (χ3v) is 2.94. The summed E-state index contributed by atoms with van der Waals surface area (Å²) in [5.41, 5.74) is 3.72. The van der Waals surface area contributed by atoms with Crippen LogP contribution in [0, 0.1) is 6.92 Å². The predicted octanol–water partition coefficient (Wildman–Crippen LogP) is 3.07. The van der Waals surface area contributed by atoms with Crippen molar-refractivity contribution < 1.29 is 0 Å². The molecule has 1 aromatic carbocycles. The number of aromatic nitrogens is 1. The molecule has 0 aliphatic heterocycles. The lowest BCUT2D eigenvalue weighted by Crippen LogP contribution is -2.16. The molecule has 0 fully saturated rings. The van der Waals surface area contributed by atoms with Gasteiger partial charge in [-0.2, -0.15) is 0 Å². The summed E-state index contributed by atoms with van der Waals surface area (Å²) in [5.74, 6) is 0.900. The number of aryl methyl sites for hydroxylation is 1. The van der Waals surface area contributed by atoms with E-state index in [1.165, 1.54) is 16.8 Å². The Morgan fingerprint density at radius 2 is 2.06 bits per heavy atom. The van der Waals surface area contributed by atoms with E-state index in [4.69, 9.17) is 0 Å². The second-order valence-corrected chi connectivity index (χ2v) is 4.50. The SMILES string of the molecule is CNc1ccc(CN(C)c2cccc(C)c2)cn1. The number of rotatable bonds is 4. The van der Waals surface area contributed by atoms with Gasteiger partial charge >= 0.3 is 0 Å². The van der Waals surface area contributed by atoms with Crippen molar-refractivity contribution in [2.75, 3.05) is 24.3 Å². The highest BCUT2D eigenvalue weighted by Crippen LogP contribution is 2.17. The lowest BCUT2D eigenvalue weighted by molar-refractivity contribution is 0.914. The van der Waals surface area contributed by atoms with Crippen LogP contribution in [-0.4, -0.2) is 19.1 Å². The van der Waals surface area contributed by atoms with Crippen molar-refractivity contribution in [2.24, 2.45) is 0 Å². The van der Waals surface area contributed by atoms with Crippen LogP contribution in [0.15, 0.2) is 42.6 Å². The molecule has 0 atom stereocenters. The zero-order valence-electron chi connectivity index (χ0n) is 11.1. The normalized spacial score (nSPS) is 10.2. The van der Waals surface area contributed by atoms with Crippen LogP contribution in [0.3, 0.4) is 0 Å². The average Bonchev–Trinajstić information content (AvgIpc) is 2.39. The van der Waals surface area contributed by atoms with Gasteiger partial charge in [-0.3, -0.25) is 0 Å². The van der Waals surface area contributed by atoms with Gasteiger partial charge in [-0.1, -0.05) is 18.2 Å². The summed E-state index contributed by atoms with van der Waals surface area (Å²) in [6.07, 6.45) is 1.91. The smallest absolute Gasteiger partial charge is 0.125 e. The second-order valence-electron chi connectivity index (χ2n) is 4.50. The molecule has 0 bridgehead atoms. The summed E-state index contributed by atoms with van der Waals surface area (Å²) in [6, 6.07) is 12.6. The zero-order valence-corrected chi connectivity index (χ0v) is 11.1. The number of hydrogen-bond acceptors (Lipinski definition) is 3. The highest BCUT2D eigenvalue weighted by atomic mass is 15.1. The molecule has 0 saturated heterocycles. The molecular weight excluding hydrogens is 222 g/mol. The highest BCUT2D eigenvalue weighted by molar-refractivity contribution is 5.48. The Labute approximate surface area is 108 Å². The van der Waals surface area contributed by atoms with E-state index in [2.05, 4.69) is 59.5 Å². The van der Waals surface area contributed by atoms with Crippen LogP contribution >= 0.6 is 0 Å². The fourth-order valence-corrected chi connectivity index (χ4v) is 1.90. The first-order valence-corrected chi connectivity index (χ1v) is 6.09. The standard InChI is InChI=1S/C15H19N3/c1-12-5-4-6-14(9-12)18(3)11-13-7-8-15(16-2)17-10-13/h4-10H,11H2,1-3H3,(H,16,17). The van der Waals surface area contributed by atoms with E-state index in [1.54, 1.807) is 0 Å². The molecule has 0 spiro atoms. The van der Waals surface area contributed by atoms with E-state index in [9.17, 15) is 0 Å². The van der Waals surface area contributed by atoms with E-state index in [1.807, 2.05) is 19.3 Å². The maximum atomic E-state index is 4.32. The number of anilines is 2. The molecule has 2 aromatic rings. The Balaban J connectivity index is 2.08. The van der Waals surface area contributed by atoms with Gasteiger partial charge < -0.3 is 10.2 Å². The molecule has 0 radical (unpaired) electrons. The molecule has 18 heavy (non-hydrogen) atoms. The van der Waals surface area contributed by atoms with Crippen molar-refractivity contribution in [3.8, 4) is 0 Å². The van der Waals surface area contributed by atoms with Crippen molar-refractivity contribution >= 4 is 11.5 Å². The second kappa shape index (κ2) is 5.54. The fourth-order valence-electron chi connectivity index (χ4n) is 1.90. The van der Waals surface area contributed by atoms with Crippen molar-refractivity contribution in [3.05, 3.63) is 53.7 Å². The van der Waals surface area contributed by atoms with Gasteiger partial charge in [0, 0.05) is 32.5 Å². The number of hydrogen-bond donors (Lipinski definition) is 1. The van der Waals surface area contributed by atoms with E-state index in [0.29, 0.717) is 0 Å². The highest BCUT2D eigenvalue weighted by Gasteiger charge is 2.02. The largest absolute Gasteiger partial charge is 0.373 e. The molecule has 0 unspecified atom stereocenters. The average molecular weight is 241 g/mol. The van der Waals surface area contributed by atoms with Crippen molar-refractivity contribution in [3.63, 3.8) is 0 Å². The Kier molecular flexibility index (Phi) is 3.82. The molecule has 3 nitrogen and oxygen atoms in total. The molecule has 3 heteroatoms. The molecule has 0 amide bonds. The molecule has 94 valence electrons. The fraction of sp³-hybridized carbons (Fsp3) is 0.267. The van der Waals surface area contributed by atoms with Crippen LogP contribution in [0.4, 0.5) is 11.5 Å². The van der Waals surface area contributed by atoms with E-state index in [0.717, 1.165) is 12.4 Å². The molecule has 1 heterocycles. The maximum absolute atomic E-state index is 4.32. The van der Waals surface area contributed by atoms with Crippen LogP contribution in [0.1, 0.15) is 11.1 Å². The Morgan fingerprint density at radius 3 is 2.67 bits per heavy atom. The Hall–Kier alpha value is -2.03. The first-order chi connectivity index (χ1) is 8.69. The van der Waals surface area contributed by atoms with Gasteiger partial charge in [0.05, 0.1) is 0 Å². The Morgan fingerprint density at radius 1 is 1.22 bits per heavy atom. The van der Waals surface area contributed by atoms with Crippen LogP contribution in [0.25, 0.3) is 0 Å². The van der Waals surface area contributed by atoms with Crippen molar-refractivity contribution in [1.82, 2.24) is 4.98 Å². The minimum Gasteiger partial charge on any atom is -0.373 e. The maximum Gasteiger partial charge on any atom is 0.125 e. The zero-order chi connectivity index (χ0) is 13.0. The molecule has 0 aliphatic rings. The minimum absolute atomic E-state index is 0.862. The van der Waals surface area contributed by atoms with Gasteiger partial charge in [0.15, 0.2) is 0 Å². The van der Waals surface area contributed by atoms with Gasteiger partial charge in [0.25, 0.3) is 0 Å². The van der Waals surface area contributed by atoms with E-state index >= 15 is 0 Å². The summed E-state index contributed by atoms with van der Waals surface area (Å²) in [7, 11) is 3.97. The van der Waals surface area contributed by atoms with Gasteiger partial charge in [-0.25, -0.2) is 4.98 Å². The van der Waals surface area contributed by atoms with Crippen LogP contribution < -0.4 is 10.2 Å². The van der Waals surface area contributed by atoms with Crippen LogP contribution in [0.5, 0.6) is 0 Å². The number of nitrogens with zero attached hydrogens (tertiary/aromatic N) is 2. The van der Waals surface area contributed by atoms with Gasteiger partial charge in [-0.15, -0.1) is 0 Å². The molecule has 1 N–H and O–H groups in total. The van der Waals surface area contributed by atoms with Gasteiger partial charge in [0.1, 0.15) is 5.82 Å².